The normalized spacial score (nSPS) is 18.2. The van der Waals surface area contributed by atoms with Gasteiger partial charge in [-0.1, -0.05) is 31.2 Å². The minimum absolute atomic E-state index is 0.148. The summed E-state index contributed by atoms with van der Waals surface area (Å²) in [6.45, 7) is 2.67. The molecule has 0 saturated heterocycles. The van der Waals surface area contributed by atoms with Crippen molar-refractivity contribution in [3.05, 3.63) is 35.4 Å². The number of hydrogen-bond donors (Lipinski definition) is 1. The first-order chi connectivity index (χ1) is 6.81. The lowest BCUT2D eigenvalue weighted by molar-refractivity contribution is -0.120. The van der Waals surface area contributed by atoms with Gasteiger partial charge in [0.05, 0.1) is 0 Å². The average Bonchev–Trinajstić information content (AvgIpc) is 2.19. The Kier molecular flexibility index (Phi) is 2.53. The van der Waals surface area contributed by atoms with Crippen LogP contribution >= 0.6 is 0 Å². The lowest BCUT2D eigenvalue weighted by Crippen LogP contribution is -2.32. The van der Waals surface area contributed by atoms with Crippen LogP contribution < -0.4 is 5.32 Å². The molecule has 0 radical (unpaired) electrons. The molecule has 0 spiro atoms. The molecular formula is C12H15NO. The molecule has 1 aromatic rings. The van der Waals surface area contributed by atoms with Gasteiger partial charge in [0.15, 0.2) is 0 Å². The minimum atomic E-state index is 0.148. The van der Waals surface area contributed by atoms with Crippen LogP contribution in [0.15, 0.2) is 24.3 Å². The average molecular weight is 189 g/mol. The molecule has 1 unspecified atom stereocenters. The van der Waals surface area contributed by atoms with Crippen molar-refractivity contribution in [1.82, 2.24) is 5.32 Å². The summed E-state index contributed by atoms with van der Waals surface area (Å²) in [5.74, 6) is 0.691. The van der Waals surface area contributed by atoms with Crippen LogP contribution in [0.25, 0.3) is 0 Å². The summed E-state index contributed by atoms with van der Waals surface area (Å²) in [6.07, 6.45) is 1.69. The summed E-state index contributed by atoms with van der Waals surface area (Å²) in [5, 5.41) is 2.94. The number of fused-ring (bicyclic) bond motifs is 1. The Bertz CT molecular complexity index is 346. The highest BCUT2D eigenvalue weighted by Crippen LogP contribution is 2.33. The summed E-state index contributed by atoms with van der Waals surface area (Å²) in [7, 11) is 0. The predicted molar refractivity (Wildman–Crippen MR) is 56.2 cm³/mol. The van der Waals surface area contributed by atoms with E-state index in [0.29, 0.717) is 12.3 Å². The second-order valence-corrected chi connectivity index (χ2v) is 3.76. The van der Waals surface area contributed by atoms with Gasteiger partial charge in [0.1, 0.15) is 0 Å². The smallest absolute Gasteiger partial charge is 0.219 e. The number of carbonyl (C=O) groups excluding carboxylic acids is 1. The lowest BCUT2D eigenvalue weighted by Gasteiger charge is -2.30. The Morgan fingerprint density at radius 3 is 3.00 bits per heavy atom. The van der Waals surface area contributed by atoms with Gasteiger partial charge < -0.3 is 5.32 Å². The third-order valence-corrected chi connectivity index (χ3v) is 2.83. The fourth-order valence-corrected chi connectivity index (χ4v) is 1.91. The van der Waals surface area contributed by atoms with E-state index >= 15 is 0 Å². The Balaban J connectivity index is 1.90. The second kappa shape index (κ2) is 3.82. The molecule has 1 atom stereocenters. The third kappa shape index (κ3) is 1.65. The van der Waals surface area contributed by atoms with Crippen molar-refractivity contribution in [2.45, 2.75) is 25.7 Å². The van der Waals surface area contributed by atoms with Gasteiger partial charge in [-0.15, -0.1) is 0 Å². The van der Waals surface area contributed by atoms with Crippen LogP contribution in [0.5, 0.6) is 0 Å². The van der Waals surface area contributed by atoms with E-state index in [4.69, 9.17) is 0 Å². The molecular weight excluding hydrogens is 174 g/mol. The Morgan fingerprint density at radius 2 is 2.29 bits per heavy atom. The van der Waals surface area contributed by atoms with E-state index < -0.39 is 0 Å². The maximum atomic E-state index is 11.1. The SMILES string of the molecule is CCC(=O)NCC1Cc2ccccc21. The molecule has 2 nitrogen and oxygen atoms in total. The van der Waals surface area contributed by atoms with Crippen LogP contribution in [0.1, 0.15) is 30.4 Å². The first kappa shape index (κ1) is 9.25. The molecule has 0 bridgehead atoms. The van der Waals surface area contributed by atoms with Crippen molar-refractivity contribution in [2.24, 2.45) is 0 Å². The first-order valence-electron chi connectivity index (χ1n) is 5.15. The zero-order valence-corrected chi connectivity index (χ0v) is 8.42. The molecule has 1 aliphatic carbocycles. The molecule has 0 heterocycles. The monoisotopic (exact) mass is 189 g/mol. The molecule has 74 valence electrons. The van der Waals surface area contributed by atoms with Crippen LogP contribution in [0, 0.1) is 0 Å². The Labute approximate surface area is 84.3 Å². The van der Waals surface area contributed by atoms with Gasteiger partial charge in [-0.05, 0) is 17.5 Å². The molecule has 0 fully saturated rings. The van der Waals surface area contributed by atoms with Crippen molar-refractivity contribution < 1.29 is 4.79 Å². The van der Waals surface area contributed by atoms with Gasteiger partial charge in [-0.2, -0.15) is 0 Å². The molecule has 1 N–H and O–H groups in total. The van der Waals surface area contributed by atoms with Crippen LogP contribution in [-0.4, -0.2) is 12.5 Å². The van der Waals surface area contributed by atoms with Crippen LogP contribution in [0.2, 0.25) is 0 Å². The molecule has 14 heavy (non-hydrogen) atoms. The van der Waals surface area contributed by atoms with Crippen molar-refractivity contribution in [3.8, 4) is 0 Å². The molecule has 0 aliphatic heterocycles. The van der Waals surface area contributed by atoms with Gasteiger partial charge in [-0.25, -0.2) is 0 Å². The quantitative estimate of drug-likeness (QED) is 0.772. The number of nitrogens with one attached hydrogen (secondary N) is 1. The van der Waals surface area contributed by atoms with Gasteiger partial charge >= 0.3 is 0 Å². The van der Waals surface area contributed by atoms with Gasteiger partial charge in [-0.3, -0.25) is 4.79 Å². The fourth-order valence-electron chi connectivity index (χ4n) is 1.91. The number of benzene rings is 1. The van der Waals surface area contributed by atoms with E-state index in [0.717, 1.165) is 13.0 Å². The maximum absolute atomic E-state index is 11.1. The lowest BCUT2D eigenvalue weighted by atomic mass is 9.77. The van der Waals surface area contributed by atoms with E-state index in [9.17, 15) is 4.79 Å². The molecule has 1 amide bonds. The summed E-state index contributed by atoms with van der Waals surface area (Å²) in [6, 6.07) is 8.45. The van der Waals surface area contributed by atoms with E-state index in [2.05, 4.69) is 29.6 Å². The number of carbonyl (C=O) groups is 1. The van der Waals surface area contributed by atoms with Crippen LogP contribution in [0.3, 0.4) is 0 Å². The largest absolute Gasteiger partial charge is 0.355 e. The maximum Gasteiger partial charge on any atom is 0.219 e. The van der Waals surface area contributed by atoms with E-state index in [1.807, 2.05) is 6.92 Å². The van der Waals surface area contributed by atoms with Crippen molar-refractivity contribution in [2.75, 3.05) is 6.54 Å². The predicted octanol–water partition coefficient (Wildman–Crippen LogP) is 1.85. The third-order valence-electron chi connectivity index (χ3n) is 2.83. The first-order valence-corrected chi connectivity index (χ1v) is 5.15. The standard InChI is InChI=1S/C12H15NO/c1-2-12(14)13-8-10-7-9-5-3-4-6-11(9)10/h3-6,10H,2,7-8H2,1H3,(H,13,14). The van der Waals surface area contributed by atoms with Crippen molar-refractivity contribution in [1.29, 1.82) is 0 Å². The zero-order valence-electron chi connectivity index (χ0n) is 8.42. The topological polar surface area (TPSA) is 29.1 Å². The number of rotatable bonds is 3. The van der Waals surface area contributed by atoms with E-state index in [1.165, 1.54) is 11.1 Å². The van der Waals surface area contributed by atoms with Gasteiger partial charge in [0, 0.05) is 18.9 Å². The summed E-state index contributed by atoms with van der Waals surface area (Å²) in [5.41, 5.74) is 2.84. The highest BCUT2D eigenvalue weighted by molar-refractivity contribution is 5.75. The van der Waals surface area contributed by atoms with Gasteiger partial charge in [0.25, 0.3) is 0 Å². The van der Waals surface area contributed by atoms with Crippen LogP contribution in [0.4, 0.5) is 0 Å². The Hall–Kier alpha value is -1.31. The number of amides is 1. The van der Waals surface area contributed by atoms with Gasteiger partial charge in [0.2, 0.25) is 5.91 Å². The fraction of sp³-hybridized carbons (Fsp3) is 0.417. The summed E-state index contributed by atoms with van der Waals surface area (Å²) < 4.78 is 0. The zero-order chi connectivity index (χ0) is 9.97. The van der Waals surface area contributed by atoms with Crippen molar-refractivity contribution in [3.63, 3.8) is 0 Å². The molecule has 0 saturated carbocycles. The highest BCUT2D eigenvalue weighted by atomic mass is 16.1. The van der Waals surface area contributed by atoms with Crippen LogP contribution in [-0.2, 0) is 11.2 Å². The molecule has 1 aliphatic rings. The summed E-state index contributed by atoms with van der Waals surface area (Å²) >= 11 is 0. The molecule has 2 heteroatoms. The molecule has 0 aromatic heterocycles. The van der Waals surface area contributed by atoms with E-state index in [-0.39, 0.29) is 5.91 Å². The molecule has 1 aromatic carbocycles. The summed E-state index contributed by atoms with van der Waals surface area (Å²) in [4.78, 5) is 11.1. The van der Waals surface area contributed by atoms with E-state index in [1.54, 1.807) is 0 Å². The second-order valence-electron chi connectivity index (χ2n) is 3.76. The Morgan fingerprint density at radius 1 is 1.50 bits per heavy atom. The number of hydrogen-bond acceptors (Lipinski definition) is 1. The van der Waals surface area contributed by atoms with Crippen molar-refractivity contribution >= 4 is 5.91 Å². The molecule has 2 rings (SSSR count). The highest BCUT2D eigenvalue weighted by Gasteiger charge is 2.25. The minimum Gasteiger partial charge on any atom is -0.355 e.